The summed E-state index contributed by atoms with van der Waals surface area (Å²) in [5.74, 6) is 1.51. The second-order valence-electron chi connectivity index (χ2n) is 5.79. The Kier molecular flexibility index (Phi) is 5.89. The third kappa shape index (κ3) is 3.92. The first kappa shape index (κ1) is 14.3. The van der Waals surface area contributed by atoms with Crippen molar-refractivity contribution in [3.63, 3.8) is 0 Å². The van der Waals surface area contributed by atoms with E-state index in [9.17, 15) is 0 Å². The van der Waals surface area contributed by atoms with Crippen molar-refractivity contribution in [2.75, 3.05) is 53.0 Å². The molecule has 2 heterocycles. The molecular weight excluding hydrogens is 226 g/mol. The Morgan fingerprint density at radius 2 is 1.94 bits per heavy atom. The minimum absolute atomic E-state index is 0.642. The van der Waals surface area contributed by atoms with Gasteiger partial charge in [0.25, 0.3) is 0 Å². The minimum atomic E-state index is 0.642. The molecule has 2 rings (SSSR count). The zero-order chi connectivity index (χ0) is 12.8. The van der Waals surface area contributed by atoms with Crippen molar-refractivity contribution in [1.82, 2.24) is 15.5 Å². The van der Waals surface area contributed by atoms with Gasteiger partial charge < -0.3 is 20.3 Å². The smallest absolute Gasteiger partial charge is 0.0469 e. The molecule has 2 aliphatic rings. The van der Waals surface area contributed by atoms with Crippen LogP contribution in [-0.2, 0) is 4.74 Å². The van der Waals surface area contributed by atoms with E-state index in [1.807, 2.05) is 0 Å². The topological polar surface area (TPSA) is 36.5 Å². The molecule has 0 aromatic heterocycles. The van der Waals surface area contributed by atoms with Crippen molar-refractivity contribution in [3.05, 3.63) is 0 Å². The fourth-order valence-corrected chi connectivity index (χ4v) is 3.47. The molecule has 2 aliphatic heterocycles. The molecule has 2 fully saturated rings. The summed E-state index contributed by atoms with van der Waals surface area (Å²) in [6.07, 6.45) is 2.44. The van der Waals surface area contributed by atoms with E-state index in [1.165, 1.54) is 32.5 Å². The number of hydrogen-bond donors (Lipinski definition) is 2. The van der Waals surface area contributed by atoms with Crippen molar-refractivity contribution in [3.8, 4) is 0 Å². The lowest BCUT2D eigenvalue weighted by atomic mass is 9.84. The third-order valence-electron chi connectivity index (χ3n) is 4.48. The molecule has 0 saturated carbocycles. The van der Waals surface area contributed by atoms with Gasteiger partial charge in [-0.3, -0.25) is 0 Å². The van der Waals surface area contributed by atoms with Gasteiger partial charge in [0.1, 0.15) is 0 Å². The monoisotopic (exact) mass is 255 g/mol. The van der Waals surface area contributed by atoms with E-state index < -0.39 is 0 Å². The van der Waals surface area contributed by atoms with Crippen molar-refractivity contribution in [2.24, 2.45) is 11.8 Å². The van der Waals surface area contributed by atoms with E-state index in [4.69, 9.17) is 4.74 Å². The normalized spacial score (nSPS) is 27.0. The standard InChI is InChI=1S/C14H29N3O/c1-12(11-17-7-5-16-6-8-17)14(15-2)13-3-9-18-10-4-13/h12-16H,3-11H2,1-2H3. The van der Waals surface area contributed by atoms with Crippen LogP contribution in [0.15, 0.2) is 0 Å². The molecule has 106 valence electrons. The van der Waals surface area contributed by atoms with Crippen LogP contribution in [-0.4, -0.2) is 63.9 Å². The molecule has 2 unspecified atom stereocenters. The lowest BCUT2D eigenvalue weighted by Crippen LogP contribution is -2.50. The van der Waals surface area contributed by atoms with Gasteiger partial charge in [0.05, 0.1) is 0 Å². The zero-order valence-electron chi connectivity index (χ0n) is 12.0. The van der Waals surface area contributed by atoms with Crippen molar-refractivity contribution in [1.29, 1.82) is 0 Å². The summed E-state index contributed by atoms with van der Waals surface area (Å²) in [6, 6.07) is 0.642. The van der Waals surface area contributed by atoms with Crippen molar-refractivity contribution < 1.29 is 4.74 Å². The van der Waals surface area contributed by atoms with Gasteiger partial charge in [-0.05, 0) is 31.7 Å². The van der Waals surface area contributed by atoms with Gasteiger partial charge in [0.15, 0.2) is 0 Å². The lowest BCUT2D eigenvalue weighted by Gasteiger charge is -2.37. The average molecular weight is 255 g/mol. The molecule has 2 N–H and O–H groups in total. The van der Waals surface area contributed by atoms with Crippen LogP contribution in [0, 0.1) is 11.8 Å². The highest BCUT2D eigenvalue weighted by molar-refractivity contribution is 4.84. The van der Waals surface area contributed by atoms with Crippen molar-refractivity contribution >= 4 is 0 Å². The first-order valence-corrected chi connectivity index (χ1v) is 7.49. The molecule has 0 aliphatic carbocycles. The Bertz CT molecular complexity index is 225. The minimum Gasteiger partial charge on any atom is -0.381 e. The zero-order valence-corrected chi connectivity index (χ0v) is 12.0. The fraction of sp³-hybridized carbons (Fsp3) is 1.00. The van der Waals surface area contributed by atoms with Crippen LogP contribution in [0.3, 0.4) is 0 Å². The summed E-state index contributed by atoms with van der Waals surface area (Å²) in [4.78, 5) is 2.60. The third-order valence-corrected chi connectivity index (χ3v) is 4.48. The molecule has 0 aromatic rings. The van der Waals surface area contributed by atoms with Crippen LogP contribution >= 0.6 is 0 Å². The van der Waals surface area contributed by atoms with E-state index in [0.717, 1.165) is 38.1 Å². The predicted octanol–water partition coefficient (Wildman–Crippen LogP) is 0.542. The van der Waals surface area contributed by atoms with Gasteiger partial charge in [-0.25, -0.2) is 0 Å². The molecule has 2 atom stereocenters. The highest BCUT2D eigenvalue weighted by Gasteiger charge is 2.28. The van der Waals surface area contributed by atoms with Gasteiger partial charge in [-0.15, -0.1) is 0 Å². The van der Waals surface area contributed by atoms with Gasteiger partial charge in [0, 0.05) is 52.0 Å². The first-order chi connectivity index (χ1) is 8.81. The predicted molar refractivity (Wildman–Crippen MR) is 74.9 cm³/mol. The molecule has 0 aromatic carbocycles. The Balaban J connectivity index is 1.81. The summed E-state index contributed by atoms with van der Waals surface area (Å²) in [5, 5.41) is 6.98. The van der Waals surface area contributed by atoms with Crippen molar-refractivity contribution in [2.45, 2.75) is 25.8 Å². The quantitative estimate of drug-likeness (QED) is 0.752. The van der Waals surface area contributed by atoms with Crippen LogP contribution in [0.1, 0.15) is 19.8 Å². The maximum atomic E-state index is 5.48. The highest BCUT2D eigenvalue weighted by Crippen LogP contribution is 2.24. The molecule has 0 radical (unpaired) electrons. The average Bonchev–Trinajstić information content (AvgIpc) is 2.42. The van der Waals surface area contributed by atoms with E-state index in [1.54, 1.807) is 0 Å². The molecule has 18 heavy (non-hydrogen) atoms. The number of rotatable bonds is 5. The molecule has 4 nitrogen and oxygen atoms in total. The summed E-state index contributed by atoms with van der Waals surface area (Å²) < 4.78 is 5.48. The maximum absolute atomic E-state index is 5.48. The van der Waals surface area contributed by atoms with Crippen LogP contribution in [0.4, 0.5) is 0 Å². The number of piperazine rings is 1. The van der Waals surface area contributed by atoms with Gasteiger partial charge in [0.2, 0.25) is 0 Å². The molecule has 4 heteroatoms. The molecular formula is C14H29N3O. The van der Waals surface area contributed by atoms with Gasteiger partial charge >= 0.3 is 0 Å². The SMILES string of the molecule is CNC(C(C)CN1CCNCC1)C1CCOCC1. The van der Waals surface area contributed by atoms with Crippen LogP contribution < -0.4 is 10.6 Å². The molecule has 0 bridgehead atoms. The Morgan fingerprint density at radius 1 is 1.28 bits per heavy atom. The molecule has 0 spiro atoms. The Hall–Kier alpha value is -0.160. The van der Waals surface area contributed by atoms with Crippen LogP contribution in [0.5, 0.6) is 0 Å². The van der Waals surface area contributed by atoms with Gasteiger partial charge in [-0.1, -0.05) is 6.92 Å². The molecule has 0 amide bonds. The summed E-state index contributed by atoms with van der Waals surface area (Å²) in [5.41, 5.74) is 0. The van der Waals surface area contributed by atoms with E-state index >= 15 is 0 Å². The second-order valence-corrected chi connectivity index (χ2v) is 5.79. The second kappa shape index (κ2) is 7.43. The molecule has 2 saturated heterocycles. The summed E-state index contributed by atoms with van der Waals surface area (Å²) in [7, 11) is 2.12. The fourth-order valence-electron chi connectivity index (χ4n) is 3.47. The summed E-state index contributed by atoms with van der Waals surface area (Å²) >= 11 is 0. The van der Waals surface area contributed by atoms with E-state index in [0.29, 0.717) is 6.04 Å². The maximum Gasteiger partial charge on any atom is 0.0469 e. The number of hydrogen-bond acceptors (Lipinski definition) is 4. The van der Waals surface area contributed by atoms with Gasteiger partial charge in [-0.2, -0.15) is 0 Å². The largest absolute Gasteiger partial charge is 0.381 e. The lowest BCUT2D eigenvalue weighted by molar-refractivity contribution is 0.0429. The first-order valence-electron chi connectivity index (χ1n) is 7.49. The van der Waals surface area contributed by atoms with E-state index in [2.05, 4.69) is 29.5 Å². The number of nitrogens with zero attached hydrogens (tertiary/aromatic N) is 1. The van der Waals surface area contributed by atoms with E-state index in [-0.39, 0.29) is 0 Å². The van der Waals surface area contributed by atoms with Crippen LogP contribution in [0.2, 0.25) is 0 Å². The summed E-state index contributed by atoms with van der Waals surface area (Å²) in [6.45, 7) is 10.2. The Labute approximate surface area is 111 Å². The highest BCUT2D eigenvalue weighted by atomic mass is 16.5. The Morgan fingerprint density at radius 3 is 2.56 bits per heavy atom. The number of ether oxygens (including phenoxy) is 1. The number of nitrogens with one attached hydrogen (secondary N) is 2. The van der Waals surface area contributed by atoms with Crippen LogP contribution in [0.25, 0.3) is 0 Å².